The average Bonchev–Trinajstić information content (AvgIpc) is 3.26. The standard InChI is InChI=1S/C18H19NO4S/c1-2-22-18(21)16-13(19-17(20)14-9-6-10-23-14)11-15(24-16)12-7-4-3-5-8-12/h3-5,7-8,11,14H,2,6,9-10H2,1H3,(H,19,20)/t14-/m1/s1. The van der Waals surface area contributed by atoms with Crippen LogP contribution in [0.1, 0.15) is 29.4 Å². The molecule has 6 heteroatoms. The number of carbonyl (C=O) groups excluding carboxylic acids is 2. The van der Waals surface area contributed by atoms with Gasteiger partial charge in [0.2, 0.25) is 0 Å². The number of benzene rings is 1. The molecule has 126 valence electrons. The van der Waals surface area contributed by atoms with Crippen LogP contribution in [0.25, 0.3) is 10.4 Å². The van der Waals surface area contributed by atoms with E-state index in [1.807, 2.05) is 36.4 Å². The number of rotatable bonds is 5. The summed E-state index contributed by atoms with van der Waals surface area (Å²) in [5, 5.41) is 2.83. The molecule has 0 saturated carbocycles. The number of amides is 1. The van der Waals surface area contributed by atoms with Gasteiger partial charge in [-0.25, -0.2) is 4.79 Å². The van der Waals surface area contributed by atoms with E-state index in [0.29, 0.717) is 23.6 Å². The van der Waals surface area contributed by atoms with Crippen molar-refractivity contribution in [3.8, 4) is 10.4 Å². The van der Waals surface area contributed by atoms with Gasteiger partial charge in [-0.05, 0) is 31.4 Å². The molecule has 2 heterocycles. The van der Waals surface area contributed by atoms with Crippen molar-refractivity contribution in [1.29, 1.82) is 0 Å². The minimum absolute atomic E-state index is 0.213. The van der Waals surface area contributed by atoms with Crippen LogP contribution in [0.15, 0.2) is 36.4 Å². The van der Waals surface area contributed by atoms with Crippen LogP contribution in [0, 0.1) is 0 Å². The zero-order valence-electron chi connectivity index (χ0n) is 13.4. The van der Waals surface area contributed by atoms with Crippen molar-refractivity contribution in [3.63, 3.8) is 0 Å². The number of carbonyl (C=O) groups is 2. The summed E-state index contributed by atoms with van der Waals surface area (Å²) in [6.45, 7) is 2.65. The summed E-state index contributed by atoms with van der Waals surface area (Å²) < 4.78 is 10.5. The number of esters is 1. The topological polar surface area (TPSA) is 64.6 Å². The van der Waals surface area contributed by atoms with Gasteiger partial charge < -0.3 is 14.8 Å². The largest absolute Gasteiger partial charge is 0.462 e. The Morgan fingerprint density at radius 3 is 2.79 bits per heavy atom. The summed E-state index contributed by atoms with van der Waals surface area (Å²) >= 11 is 1.32. The third-order valence-corrected chi connectivity index (χ3v) is 4.90. The molecule has 1 fully saturated rings. The Labute approximate surface area is 144 Å². The van der Waals surface area contributed by atoms with E-state index in [1.54, 1.807) is 6.92 Å². The average molecular weight is 345 g/mol. The molecule has 0 spiro atoms. The molecule has 1 aromatic heterocycles. The maximum absolute atomic E-state index is 12.3. The maximum Gasteiger partial charge on any atom is 0.350 e. The summed E-state index contributed by atoms with van der Waals surface area (Å²) in [5.74, 6) is -0.636. The van der Waals surface area contributed by atoms with Gasteiger partial charge in [0.25, 0.3) is 5.91 Å². The second kappa shape index (κ2) is 7.59. The van der Waals surface area contributed by atoms with Crippen molar-refractivity contribution in [2.75, 3.05) is 18.5 Å². The molecule has 2 aromatic rings. The molecule has 0 unspecified atom stereocenters. The highest BCUT2D eigenvalue weighted by atomic mass is 32.1. The van der Waals surface area contributed by atoms with Crippen molar-refractivity contribution in [2.24, 2.45) is 0 Å². The van der Waals surface area contributed by atoms with E-state index < -0.39 is 12.1 Å². The lowest BCUT2D eigenvalue weighted by molar-refractivity contribution is -0.124. The van der Waals surface area contributed by atoms with Gasteiger partial charge in [0.1, 0.15) is 11.0 Å². The van der Waals surface area contributed by atoms with Crippen molar-refractivity contribution < 1.29 is 19.1 Å². The molecule has 24 heavy (non-hydrogen) atoms. The second-order valence-corrected chi connectivity index (χ2v) is 6.48. The number of anilines is 1. The van der Waals surface area contributed by atoms with Crippen LogP contribution in [-0.2, 0) is 14.3 Å². The molecule has 0 aliphatic carbocycles. The number of hydrogen-bond donors (Lipinski definition) is 1. The summed E-state index contributed by atoms with van der Waals surface area (Å²) in [5.41, 5.74) is 1.48. The predicted molar refractivity (Wildman–Crippen MR) is 93.3 cm³/mol. The van der Waals surface area contributed by atoms with E-state index in [-0.39, 0.29) is 12.5 Å². The summed E-state index contributed by atoms with van der Waals surface area (Å²) in [4.78, 5) is 25.8. The fraction of sp³-hybridized carbons (Fsp3) is 0.333. The van der Waals surface area contributed by atoms with Crippen LogP contribution in [-0.4, -0.2) is 31.2 Å². The van der Waals surface area contributed by atoms with Crippen LogP contribution in [0.4, 0.5) is 5.69 Å². The van der Waals surface area contributed by atoms with Crippen molar-refractivity contribution in [2.45, 2.75) is 25.9 Å². The molecule has 1 saturated heterocycles. The minimum Gasteiger partial charge on any atom is -0.462 e. The van der Waals surface area contributed by atoms with Crippen LogP contribution in [0.3, 0.4) is 0 Å². The van der Waals surface area contributed by atoms with E-state index in [4.69, 9.17) is 9.47 Å². The molecular formula is C18H19NO4S. The van der Waals surface area contributed by atoms with Gasteiger partial charge in [0.15, 0.2) is 0 Å². The van der Waals surface area contributed by atoms with Gasteiger partial charge in [-0.3, -0.25) is 4.79 Å². The Hall–Kier alpha value is -2.18. The molecule has 3 rings (SSSR count). The van der Waals surface area contributed by atoms with Crippen LogP contribution >= 0.6 is 11.3 Å². The first-order valence-electron chi connectivity index (χ1n) is 7.98. The fourth-order valence-electron chi connectivity index (χ4n) is 2.57. The first-order valence-corrected chi connectivity index (χ1v) is 8.79. The molecule has 1 aromatic carbocycles. The minimum atomic E-state index is -0.444. The van der Waals surface area contributed by atoms with Gasteiger partial charge in [-0.1, -0.05) is 30.3 Å². The molecule has 1 atom stereocenters. The highest BCUT2D eigenvalue weighted by Gasteiger charge is 2.26. The highest BCUT2D eigenvalue weighted by Crippen LogP contribution is 2.35. The Bertz CT molecular complexity index is 720. The lowest BCUT2D eigenvalue weighted by Crippen LogP contribution is -2.27. The first kappa shape index (κ1) is 16.7. The van der Waals surface area contributed by atoms with Gasteiger partial charge in [-0.2, -0.15) is 0 Å². The molecular weight excluding hydrogens is 326 g/mol. The molecule has 1 amide bonds. The van der Waals surface area contributed by atoms with E-state index >= 15 is 0 Å². The number of thiophene rings is 1. The van der Waals surface area contributed by atoms with E-state index in [2.05, 4.69) is 5.32 Å². The maximum atomic E-state index is 12.3. The molecule has 1 N–H and O–H groups in total. The quantitative estimate of drug-likeness (QED) is 0.839. The number of nitrogens with one attached hydrogen (secondary N) is 1. The van der Waals surface area contributed by atoms with Crippen LogP contribution in [0.2, 0.25) is 0 Å². The number of hydrogen-bond acceptors (Lipinski definition) is 5. The van der Waals surface area contributed by atoms with Gasteiger partial charge in [0.05, 0.1) is 12.3 Å². The normalized spacial score (nSPS) is 16.8. The SMILES string of the molecule is CCOC(=O)c1sc(-c2ccccc2)cc1NC(=O)[C@H]1CCCO1. The van der Waals surface area contributed by atoms with Crippen molar-refractivity contribution in [3.05, 3.63) is 41.3 Å². The third kappa shape index (κ3) is 3.66. The zero-order valence-corrected chi connectivity index (χ0v) is 14.2. The predicted octanol–water partition coefficient (Wildman–Crippen LogP) is 3.71. The van der Waals surface area contributed by atoms with Crippen LogP contribution < -0.4 is 5.32 Å². The third-order valence-electron chi connectivity index (χ3n) is 3.73. The summed E-state index contributed by atoms with van der Waals surface area (Å²) in [6, 6.07) is 11.6. The Kier molecular flexibility index (Phi) is 5.27. The Morgan fingerprint density at radius 1 is 1.33 bits per heavy atom. The molecule has 0 radical (unpaired) electrons. The highest BCUT2D eigenvalue weighted by molar-refractivity contribution is 7.18. The van der Waals surface area contributed by atoms with Gasteiger partial charge >= 0.3 is 5.97 Å². The Balaban J connectivity index is 1.88. The van der Waals surface area contributed by atoms with E-state index in [1.165, 1.54) is 11.3 Å². The zero-order chi connectivity index (χ0) is 16.9. The molecule has 1 aliphatic rings. The number of ether oxygens (including phenoxy) is 2. The first-order chi connectivity index (χ1) is 11.7. The van der Waals surface area contributed by atoms with Gasteiger partial charge in [-0.15, -0.1) is 11.3 Å². The summed E-state index contributed by atoms with van der Waals surface area (Å²) in [6.07, 6.45) is 1.14. The molecule has 1 aliphatic heterocycles. The molecule has 5 nitrogen and oxygen atoms in total. The Morgan fingerprint density at radius 2 is 2.12 bits per heavy atom. The van der Waals surface area contributed by atoms with Crippen molar-refractivity contribution >= 4 is 28.9 Å². The van der Waals surface area contributed by atoms with Gasteiger partial charge in [0, 0.05) is 11.5 Å². The van der Waals surface area contributed by atoms with E-state index in [9.17, 15) is 9.59 Å². The fourth-order valence-corrected chi connectivity index (χ4v) is 3.59. The lowest BCUT2D eigenvalue weighted by atomic mass is 10.2. The monoisotopic (exact) mass is 345 g/mol. The van der Waals surface area contributed by atoms with Crippen LogP contribution in [0.5, 0.6) is 0 Å². The lowest BCUT2D eigenvalue weighted by Gasteiger charge is -2.10. The second-order valence-electron chi connectivity index (χ2n) is 5.43. The van der Waals surface area contributed by atoms with E-state index in [0.717, 1.165) is 16.9 Å². The van der Waals surface area contributed by atoms with Crippen molar-refractivity contribution in [1.82, 2.24) is 0 Å². The molecule has 0 bridgehead atoms. The smallest absolute Gasteiger partial charge is 0.350 e. The summed E-state index contributed by atoms with van der Waals surface area (Å²) in [7, 11) is 0.